The van der Waals surface area contributed by atoms with Gasteiger partial charge in [-0.15, -0.1) is 22.8 Å². The van der Waals surface area contributed by atoms with Gasteiger partial charge < -0.3 is 5.11 Å². The van der Waals surface area contributed by atoms with Gasteiger partial charge in [-0.05, 0) is 5.56 Å². The van der Waals surface area contributed by atoms with Gasteiger partial charge in [0.1, 0.15) is 6.61 Å². The molecule has 0 radical (unpaired) electrons. The Balaban J connectivity index is 2.21. The van der Waals surface area contributed by atoms with E-state index < -0.39 is 0 Å². The number of benzene rings is 1. The lowest BCUT2D eigenvalue weighted by molar-refractivity contribution is 0.264. The number of thiol groups is 1. The second-order valence-electron chi connectivity index (χ2n) is 3.83. The second-order valence-corrected chi connectivity index (χ2v) is 4.23. The Morgan fingerprint density at radius 2 is 2.00 bits per heavy atom. The van der Waals surface area contributed by atoms with Crippen LogP contribution in [0.3, 0.4) is 0 Å². The van der Waals surface area contributed by atoms with Gasteiger partial charge in [-0.25, -0.2) is 0 Å². The van der Waals surface area contributed by atoms with Crippen molar-refractivity contribution in [1.29, 1.82) is 0 Å². The van der Waals surface area contributed by atoms with Gasteiger partial charge in [-0.2, -0.15) is 0 Å². The van der Waals surface area contributed by atoms with E-state index in [-0.39, 0.29) is 6.61 Å². The molecule has 0 saturated heterocycles. The molecule has 4 nitrogen and oxygen atoms in total. The highest BCUT2D eigenvalue weighted by atomic mass is 32.1. The first-order valence-electron chi connectivity index (χ1n) is 5.54. The minimum Gasteiger partial charge on any atom is -0.388 e. The standard InChI is InChI=1S/C11H14BN3OS/c1-12-9-4-2-8(3-5-9)6-15-10(7-16)13-14-11(15)17/h2-5,12,16H,6-7H2,1H3,(H,14,17). The minimum atomic E-state index is -0.124. The zero-order valence-electron chi connectivity index (χ0n) is 9.67. The second kappa shape index (κ2) is 5.38. The molecule has 0 amide bonds. The predicted molar refractivity (Wildman–Crippen MR) is 71.4 cm³/mol. The van der Waals surface area contributed by atoms with Crippen molar-refractivity contribution >= 4 is 25.4 Å². The van der Waals surface area contributed by atoms with Crippen LogP contribution in [-0.4, -0.2) is 27.2 Å². The van der Waals surface area contributed by atoms with E-state index in [4.69, 9.17) is 5.11 Å². The highest BCUT2D eigenvalue weighted by Crippen LogP contribution is 2.10. The van der Waals surface area contributed by atoms with Gasteiger partial charge in [0.2, 0.25) is 0 Å². The van der Waals surface area contributed by atoms with Crippen LogP contribution >= 0.6 is 12.6 Å². The van der Waals surface area contributed by atoms with Crippen LogP contribution in [0.1, 0.15) is 11.4 Å². The van der Waals surface area contributed by atoms with Crippen LogP contribution in [0.5, 0.6) is 0 Å². The summed E-state index contributed by atoms with van der Waals surface area (Å²) in [7, 11) is 1.03. The third kappa shape index (κ3) is 2.70. The van der Waals surface area contributed by atoms with Crippen LogP contribution < -0.4 is 5.46 Å². The Morgan fingerprint density at radius 3 is 2.59 bits per heavy atom. The molecule has 0 atom stereocenters. The van der Waals surface area contributed by atoms with Gasteiger partial charge >= 0.3 is 0 Å². The van der Waals surface area contributed by atoms with Crippen LogP contribution in [0.15, 0.2) is 29.4 Å². The normalized spacial score (nSPS) is 10.5. The number of rotatable bonds is 4. The number of nitrogens with zero attached hydrogens (tertiary/aromatic N) is 3. The molecule has 0 aliphatic rings. The van der Waals surface area contributed by atoms with E-state index >= 15 is 0 Å². The molecule has 1 heterocycles. The molecular weight excluding hydrogens is 233 g/mol. The van der Waals surface area contributed by atoms with Crippen molar-refractivity contribution in [2.24, 2.45) is 0 Å². The van der Waals surface area contributed by atoms with Crippen LogP contribution in [-0.2, 0) is 13.2 Å². The van der Waals surface area contributed by atoms with Crippen molar-refractivity contribution in [3.63, 3.8) is 0 Å². The van der Waals surface area contributed by atoms with E-state index in [1.165, 1.54) is 5.46 Å². The summed E-state index contributed by atoms with van der Waals surface area (Å²) in [6, 6.07) is 8.37. The fraction of sp³-hybridized carbons (Fsp3) is 0.273. The molecule has 2 aromatic rings. The summed E-state index contributed by atoms with van der Waals surface area (Å²) in [5, 5.41) is 17.3. The van der Waals surface area contributed by atoms with Gasteiger partial charge in [0.25, 0.3) is 0 Å². The Labute approximate surface area is 106 Å². The molecule has 17 heavy (non-hydrogen) atoms. The Hall–Kier alpha value is -1.27. The molecular formula is C11H14BN3OS. The average Bonchev–Trinajstić information content (AvgIpc) is 2.71. The lowest BCUT2D eigenvalue weighted by Crippen LogP contribution is -2.11. The first kappa shape index (κ1) is 12.2. The van der Waals surface area contributed by atoms with Crippen molar-refractivity contribution in [2.75, 3.05) is 0 Å². The highest BCUT2D eigenvalue weighted by Gasteiger charge is 2.08. The number of aliphatic hydroxyl groups is 1. The van der Waals surface area contributed by atoms with Gasteiger partial charge in [0.05, 0.1) is 6.54 Å². The van der Waals surface area contributed by atoms with E-state index in [1.54, 1.807) is 4.57 Å². The molecule has 0 unspecified atom stereocenters. The summed E-state index contributed by atoms with van der Waals surface area (Å²) < 4.78 is 1.80. The molecule has 1 N–H and O–H groups in total. The van der Waals surface area contributed by atoms with E-state index in [2.05, 4.69) is 53.9 Å². The van der Waals surface area contributed by atoms with Crippen molar-refractivity contribution in [1.82, 2.24) is 14.8 Å². The summed E-state index contributed by atoms with van der Waals surface area (Å²) in [4.78, 5) is 0. The maximum absolute atomic E-state index is 9.13. The molecule has 0 spiro atoms. The molecule has 88 valence electrons. The molecule has 6 heteroatoms. The molecule has 0 aliphatic heterocycles. The summed E-state index contributed by atoms with van der Waals surface area (Å²) in [6.07, 6.45) is 0. The molecule has 0 fully saturated rings. The monoisotopic (exact) mass is 247 g/mol. The average molecular weight is 247 g/mol. The maximum Gasteiger partial charge on any atom is 0.188 e. The molecule has 1 aromatic carbocycles. The van der Waals surface area contributed by atoms with Gasteiger partial charge in [0, 0.05) is 0 Å². The number of aromatic nitrogens is 3. The lowest BCUT2D eigenvalue weighted by atomic mass is 9.73. The molecule has 0 saturated carbocycles. The zero-order valence-corrected chi connectivity index (χ0v) is 10.6. The highest BCUT2D eigenvalue weighted by molar-refractivity contribution is 7.80. The number of hydrogen-bond acceptors (Lipinski definition) is 4. The van der Waals surface area contributed by atoms with E-state index in [0.29, 0.717) is 17.5 Å². The fourth-order valence-corrected chi connectivity index (χ4v) is 1.90. The van der Waals surface area contributed by atoms with Crippen LogP contribution in [0, 0.1) is 0 Å². The molecule has 0 bridgehead atoms. The smallest absolute Gasteiger partial charge is 0.188 e. The quantitative estimate of drug-likeness (QED) is 0.600. The summed E-state index contributed by atoms with van der Waals surface area (Å²) >= 11 is 4.22. The van der Waals surface area contributed by atoms with Crippen LogP contribution in [0.25, 0.3) is 0 Å². The first-order chi connectivity index (χ1) is 8.24. The lowest BCUT2D eigenvalue weighted by Gasteiger charge is -2.07. The summed E-state index contributed by atoms with van der Waals surface area (Å²) in [5.74, 6) is 0.537. The van der Waals surface area contributed by atoms with Gasteiger partial charge in [-0.3, -0.25) is 4.57 Å². The SMILES string of the molecule is CBc1ccc(Cn2c(S)nnc2CO)cc1. The van der Waals surface area contributed by atoms with Crippen molar-refractivity contribution in [3.8, 4) is 0 Å². The van der Waals surface area contributed by atoms with Crippen molar-refractivity contribution in [3.05, 3.63) is 35.7 Å². The van der Waals surface area contributed by atoms with E-state index in [9.17, 15) is 0 Å². The van der Waals surface area contributed by atoms with Crippen molar-refractivity contribution in [2.45, 2.75) is 25.1 Å². The Bertz CT molecular complexity index is 498. The maximum atomic E-state index is 9.13. The van der Waals surface area contributed by atoms with Crippen LogP contribution in [0.4, 0.5) is 0 Å². The summed E-state index contributed by atoms with van der Waals surface area (Å²) in [5.41, 5.74) is 2.46. The molecule has 2 rings (SSSR count). The Kier molecular flexibility index (Phi) is 3.86. The zero-order chi connectivity index (χ0) is 12.3. The number of aliphatic hydroxyl groups excluding tert-OH is 1. The Morgan fingerprint density at radius 1 is 1.29 bits per heavy atom. The minimum absolute atomic E-state index is 0.124. The third-order valence-electron chi connectivity index (χ3n) is 2.72. The molecule has 0 aliphatic carbocycles. The third-order valence-corrected chi connectivity index (χ3v) is 3.05. The topological polar surface area (TPSA) is 50.9 Å². The van der Waals surface area contributed by atoms with E-state index in [1.807, 2.05) is 0 Å². The molecule has 1 aromatic heterocycles. The summed E-state index contributed by atoms with van der Waals surface area (Å²) in [6.45, 7) is 2.64. The van der Waals surface area contributed by atoms with Crippen molar-refractivity contribution < 1.29 is 5.11 Å². The van der Waals surface area contributed by atoms with Crippen LogP contribution in [0.2, 0.25) is 6.82 Å². The van der Waals surface area contributed by atoms with Gasteiger partial charge in [-0.1, -0.05) is 36.6 Å². The first-order valence-corrected chi connectivity index (χ1v) is 5.99. The fourth-order valence-electron chi connectivity index (χ4n) is 1.67. The van der Waals surface area contributed by atoms with E-state index in [0.717, 1.165) is 12.8 Å². The van der Waals surface area contributed by atoms with Gasteiger partial charge in [0.15, 0.2) is 18.3 Å². The number of hydrogen-bond donors (Lipinski definition) is 2. The largest absolute Gasteiger partial charge is 0.388 e. The predicted octanol–water partition coefficient (Wildman–Crippen LogP) is 0.217.